The van der Waals surface area contributed by atoms with Gasteiger partial charge in [0.05, 0.1) is 0 Å². The number of rotatable bonds is 8. The smallest absolute Gasteiger partial charge is 0.251 e. The average Bonchev–Trinajstić information content (AvgIpc) is 3.13. The zero-order valence-corrected chi connectivity index (χ0v) is 15.0. The Morgan fingerprint density at radius 3 is 2.56 bits per heavy atom. The van der Waals surface area contributed by atoms with Crippen LogP contribution >= 0.6 is 11.3 Å². The molecule has 6 nitrogen and oxygen atoms in total. The topological polar surface area (TPSA) is 84.5 Å². The van der Waals surface area contributed by atoms with E-state index in [4.69, 9.17) is 4.74 Å². The maximum absolute atomic E-state index is 12.5. The molecule has 2 N–H and O–H groups in total. The molecule has 1 aromatic heterocycles. The van der Waals surface area contributed by atoms with Gasteiger partial charge in [-0.3, -0.25) is 4.79 Å². The number of carbonyl (C=O) groups is 1. The van der Waals surface area contributed by atoms with Gasteiger partial charge in [0.25, 0.3) is 10.0 Å². The van der Waals surface area contributed by atoms with E-state index in [0.717, 1.165) is 11.3 Å². The lowest BCUT2D eigenvalue weighted by Crippen LogP contribution is -2.45. The number of benzene rings is 1. The molecule has 1 aliphatic carbocycles. The van der Waals surface area contributed by atoms with Crippen molar-refractivity contribution in [2.75, 3.05) is 11.9 Å². The maximum Gasteiger partial charge on any atom is 0.251 e. The summed E-state index contributed by atoms with van der Waals surface area (Å²) in [5, 5.41) is 4.44. The second-order valence-corrected chi connectivity index (χ2v) is 8.55. The van der Waals surface area contributed by atoms with Gasteiger partial charge in [0.15, 0.2) is 0 Å². The molecule has 0 bridgehead atoms. The summed E-state index contributed by atoms with van der Waals surface area (Å²) in [5.74, 6) is 0.310. The van der Waals surface area contributed by atoms with Gasteiger partial charge in [-0.2, -0.15) is 4.72 Å². The van der Waals surface area contributed by atoms with Crippen LogP contribution in [0.15, 0.2) is 58.6 Å². The lowest BCUT2D eigenvalue weighted by molar-refractivity contribution is -0.118. The Kier molecular flexibility index (Phi) is 4.94. The van der Waals surface area contributed by atoms with E-state index in [1.165, 1.54) is 6.07 Å². The summed E-state index contributed by atoms with van der Waals surface area (Å²) < 4.78 is 32.8. The summed E-state index contributed by atoms with van der Waals surface area (Å²) in [6.45, 7) is 3.98. The summed E-state index contributed by atoms with van der Waals surface area (Å²) in [5.41, 5.74) is -0.488. The monoisotopic (exact) mass is 378 g/mol. The summed E-state index contributed by atoms with van der Waals surface area (Å²) in [4.78, 5) is 12.5. The van der Waals surface area contributed by atoms with Crippen LogP contribution in [0.25, 0.3) is 0 Å². The average molecular weight is 378 g/mol. The fraction of sp³-hybridized carbons (Fsp3) is 0.235. The van der Waals surface area contributed by atoms with E-state index in [0.29, 0.717) is 30.9 Å². The molecule has 25 heavy (non-hydrogen) atoms. The third kappa shape index (κ3) is 4.09. The first-order chi connectivity index (χ1) is 12.0. The van der Waals surface area contributed by atoms with E-state index in [2.05, 4.69) is 16.6 Å². The molecule has 1 aliphatic rings. The van der Waals surface area contributed by atoms with Gasteiger partial charge in [0.1, 0.15) is 22.1 Å². The lowest BCUT2D eigenvalue weighted by atomic mass is 10.2. The molecule has 0 unspecified atom stereocenters. The second-order valence-electron chi connectivity index (χ2n) is 5.70. The standard InChI is InChI=1S/C17H18N2O4S2/c1-2-11-23-14-7-5-13(6-8-14)18-16(20)17(9-10-17)19-25(21,22)15-4-3-12-24-15/h2-8,12,19H,1,9-11H2,(H,18,20). The summed E-state index contributed by atoms with van der Waals surface area (Å²) in [6, 6.07) is 10.1. The molecule has 0 aliphatic heterocycles. The molecule has 0 saturated heterocycles. The predicted molar refractivity (Wildman–Crippen MR) is 97.4 cm³/mol. The number of hydrogen-bond acceptors (Lipinski definition) is 5. The van der Waals surface area contributed by atoms with Crippen molar-refractivity contribution in [2.24, 2.45) is 0 Å². The van der Waals surface area contributed by atoms with E-state index in [1.54, 1.807) is 41.8 Å². The molecule has 1 heterocycles. The van der Waals surface area contributed by atoms with E-state index < -0.39 is 15.6 Å². The largest absolute Gasteiger partial charge is 0.490 e. The molecule has 3 rings (SSSR count). The van der Waals surface area contributed by atoms with Crippen LogP contribution in [0.1, 0.15) is 12.8 Å². The number of sulfonamides is 1. The number of hydrogen-bond donors (Lipinski definition) is 2. The van der Waals surface area contributed by atoms with Crippen molar-refractivity contribution in [3.05, 3.63) is 54.4 Å². The minimum absolute atomic E-state index is 0.204. The van der Waals surface area contributed by atoms with Crippen LogP contribution in [0.2, 0.25) is 0 Å². The van der Waals surface area contributed by atoms with E-state index in [9.17, 15) is 13.2 Å². The first kappa shape index (κ1) is 17.7. The van der Waals surface area contributed by atoms with Crippen LogP contribution in [-0.2, 0) is 14.8 Å². The quantitative estimate of drug-likeness (QED) is 0.692. The maximum atomic E-state index is 12.5. The normalized spacial score (nSPS) is 15.4. The van der Waals surface area contributed by atoms with Crippen molar-refractivity contribution >= 4 is 33.0 Å². The van der Waals surface area contributed by atoms with Crippen LogP contribution in [0, 0.1) is 0 Å². The van der Waals surface area contributed by atoms with Gasteiger partial charge < -0.3 is 10.1 Å². The molecule has 1 aromatic carbocycles. The van der Waals surface area contributed by atoms with Crippen molar-refractivity contribution in [1.82, 2.24) is 4.72 Å². The van der Waals surface area contributed by atoms with Gasteiger partial charge in [0.2, 0.25) is 5.91 Å². The van der Waals surface area contributed by atoms with Crippen LogP contribution in [0.5, 0.6) is 5.75 Å². The van der Waals surface area contributed by atoms with Crippen molar-refractivity contribution in [1.29, 1.82) is 0 Å². The number of ether oxygens (including phenoxy) is 1. The third-order valence-corrected chi connectivity index (χ3v) is 6.69. The lowest BCUT2D eigenvalue weighted by Gasteiger charge is -2.17. The number of anilines is 1. The molecule has 132 valence electrons. The van der Waals surface area contributed by atoms with Crippen LogP contribution in [-0.4, -0.2) is 26.5 Å². The van der Waals surface area contributed by atoms with Crippen molar-refractivity contribution in [3.63, 3.8) is 0 Å². The van der Waals surface area contributed by atoms with Gasteiger partial charge in [-0.25, -0.2) is 8.42 Å². The highest BCUT2D eigenvalue weighted by Gasteiger charge is 2.53. The highest BCUT2D eigenvalue weighted by atomic mass is 32.2. The van der Waals surface area contributed by atoms with Gasteiger partial charge in [-0.1, -0.05) is 18.7 Å². The zero-order chi connectivity index (χ0) is 17.9. The highest BCUT2D eigenvalue weighted by molar-refractivity contribution is 7.91. The molecule has 0 spiro atoms. The number of carbonyl (C=O) groups excluding carboxylic acids is 1. The molecule has 8 heteroatoms. The second kappa shape index (κ2) is 6.99. The Labute approximate surface area is 150 Å². The Morgan fingerprint density at radius 1 is 1.28 bits per heavy atom. The van der Waals surface area contributed by atoms with Gasteiger partial charge in [-0.15, -0.1) is 11.3 Å². The van der Waals surface area contributed by atoms with Crippen LogP contribution < -0.4 is 14.8 Å². The van der Waals surface area contributed by atoms with Crippen molar-refractivity contribution in [2.45, 2.75) is 22.6 Å². The SMILES string of the molecule is C=CCOc1ccc(NC(=O)C2(NS(=O)(=O)c3cccs3)CC2)cc1. The summed E-state index contributed by atoms with van der Waals surface area (Å²) in [6.07, 6.45) is 2.60. The first-order valence-electron chi connectivity index (χ1n) is 7.68. The molecule has 0 atom stereocenters. The minimum atomic E-state index is -3.69. The molecular formula is C17H18N2O4S2. The highest BCUT2D eigenvalue weighted by Crippen LogP contribution is 2.38. The molecular weight excluding hydrogens is 360 g/mol. The Hall–Kier alpha value is -2.16. The van der Waals surface area contributed by atoms with E-state index >= 15 is 0 Å². The van der Waals surface area contributed by atoms with Crippen molar-refractivity contribution < 1.29 is 17.9 Å². The molecule has 1 fully saturated rings. The third-order valence-electron chi connectivity index (χ3n) is 3.75. The number of thiophene rings is 1. The molecule has 0 radical (unpaired) electrons. The Morgan fingerprint density at radius 2 is 2.00 bits per heavy atom. The summed E-state index contributed by atoms with van der Waals surface area (Å²) in [7, 11) is -3.69. The zero-order valence-electron chi connectivity index (χ0n) is 13.4. The molecule has 2 aromatic rings. The van der Waals surface area contributed by atoms with E-state index in [-0.39, 0.29) is 10.1 Å². The van der Waals surface area contributed by atoms with Gasteiger partial charge in [-0.05, 0) is 48.6 Å². The molecule has 1 saturated carbocycles. The van der Waals surface area contributed by atoms with Gasteiger partial charge >= 0.3 is 0 Å². The minimum Gasteiger partial charge on any atom is -0.490 e. The van der Waals surface area contributed by atoms with E-state index in [1.807, 2.05) is 0 Å². The Balaban J connectivity index is 1.65. The fourth-order valence-corrected chi connectivity index (χ4v) is 4.68. The fourth-order valence-electron chi connectivity index (χ4n) is 2.26. The Bertz CT molecular complexity index is 855. The first-order valence-corrected chi connectivity index (χ1v) is 10.0. The van der Waals surface area contributed by atoms with Crippen LogP contribution in [0.3, 0.4) is 0 Å². The molecule has 1 amide bonds. The number of amides is 1. The van der Waals surface area contributed by atoms with Crippen molar-refractivity contribution in [3.8, 4) is 5.75 Å². The van der Waals surface area contributed by atoms with Gasteiger partial charge in [0, 0.05) is 5.69 Å². The predicted octanol–water partition coefficient (Wildman–Crippen LogP) is 2.76. The summed E-state index contributed by atoms with van der Waals surface area (Å²) >= 11 is 1.12. The van der Waals surface area contributed by atoms with Crippen LogP contribution in [0.4, 0.5) is 5.69 Å². The number of nitrogens with one attached hydrogen (secondary N) is 2.